The van der Waals surface area contributed by atoms with Crippen LogP contribution in [0.15, 0.2) is 0 Å². The molecule has 0 saturated carbocycles. The van der Waals surface area contributed by atoms with Crippen molar-refractivity contribution in [2.75, 3.05) is 0 Å². The lowest BCUT2D eigenvalue weighted by atomic mass is 9.92. The summed E-state index contributed by atoms with van der Waals surface area (Å²) in [5.41, 5.74) is 0. The molecule has 0 amide bonds. The van der Waals surface area contributed by atoms with E-state index in [-0.39, 0.29) is 6.10 Å². The molecule has 0 bridgehead atoms. The quantitative estimate of drug-likeness (QED) is 0.563. The molecule has 0 aromatic rings. The van der Waals surface area contributed by atoms with Gasteiger partial charge in [0.25, 0.3) is 0 Å². The molecule has 0 N–H and O–H groups in total. The van der Waals surface area contributed by atoms with E-state index < -0.39 is 0 Å². The Hall–Kier alpha value is -0.0400. The van der Waals surface area contributed by atoms with E-state index >= 15 is 0 Å². The van der Waals surface area contributed by atoms with Crippen LogP contribution in [0.1, 0.15) is 52.9 Å². The van der Waals surface area contributed by atoms with Crippen molar-refractivity contribution >= 4 is 0 Å². The number of hydrogen-bond acceptors (Lipinski definition) is 0. The molecule has 0 rings (SSSR count). The molecule has 0 aromatic heterocycles. The maximum absolute atomic E-state index is 11.3. The first-order chi connectivity index (χ1) is 5.26. The molecule has 0 saturated heterocycles. The second kappa shape index (κ2) is 6.66. The minimum Gasteiger partial charge on any atom is -0.233 e. The Labute approximate surface area is 70.8 Å². The first kappa shape index (κ1) is 11.0. The molecular formula is C10H21O. The van der Waals surface area contributed by atoms with Gasteiger partial charge in [0, 0.05) is 0 Å². The van der Waals surface area contributed by atoms with Gasteiger partial charge in [0.2, 0.25) is 0 Å². The fourth-order valence-corrected chi connectivity index (χ4v) is 1.45. The van der Waals surface area contributed by atoms with Gasteiger partial charge in [0.15, 0.2) is 0 Å². The molecule has 2 atom stereocenters. The summed E-state index contributed by atoms with van der Waals surface area (Å²) in [7, 11) is 0. The summed E-state index contributed by atoms with van der Waals surface area (Å²) in [5.74, 6) is 0.431. The zero-order chi connectivity index (χ0) is 8.69. The monoisotopic (exact) mass is 157 g/mol. The number of rotatable bonds is 6. The van der Waals surface area contributed by atoms with E-state index in [0.29, 0.717) is 5.92 Å². The van der Waals surface area contributed by atoms with Crippen LogP contribution in [0, 0.1) is 5.92 Å². The summed E-state index contributed by atoms with van der Waals surface area (Å²) in [5, 5.41) is 11.3. The maximum Gasteiger partial charge on any atom is 0.0955 e. The van der Waals surface area contributed by atoms with Gasteiger partial charge in [0.1, 0.15) is 0 Å². The topological polar surface area (TPSA) is 19.9 Å². The average Bonchev–Trinajstić information content (AvgIpc) is 2.05. The third-order valence-corrected chi connectivity index (χ3v) is 2.38. The van der Waals surface area contributed by atoms with Crippen LogP contribution >= 0.6 is 0 Å². The van der Waals surface area contributed by atoms with Crippen molar-refractivity contribution in [3.05, 3.63) is 0 Å². The maximum atomic E-state index is 11.3. The lowest BCUT2D eigenvalue weighted by Gasteiger charge is -2.17. The molecule has 0 aromatic carbocycles. The van der Waals surface area contributed by atoms with Crippen molar-refractivity contribution in [1.82, 2.24) is 0 Å². The lowest BCUT2D eigenvalue weighted by molar-refractivity contribution is 0.0277. The molecule has 1 radical (unpaired) electrons. The summed E-state index contributed by atoms with van der Waals surface area (Å²) in [6.45, 7) is 6.30. The largest absolute Gasteiger partial charge is 0.233 e. The van der Waals surface area contributed by atoms with Gasteiger partial charge in [0.05, 0.1) is 6.10 Å². The van der Waals surface area contributed by atoms with E-state index in [4.69, 9.17) is 0 Å². The third kappa shape index (κ3) is 4.41. The summed E-state index contributed by atoms with van der Waals surface area (Å²) >= 11 is 0. The van der Waals surface area contributed by atoms with Gasteiger partial charge >= 0.3 is 0 Å². The molecule has 0 aliphatic carbocycles. The van der Waals surface area contributed by atoms with Crippen molar-refractivity contribution < 1.29 is 5.11 Å². The summed E-state index contributed by atoms with van der Waals surface area (Å²) < 4.78 is 0. The van der Waals surface area contributed by atoms with Gasteiger partial charge in [-0.3, -0.25) is 0 Å². The molecule has 11 heavy (non-hydrogen) atoms. The lowest BCUT2D eigenvalue weighted by Crippen LogP contribution is -2.17. The van der Waals surface area contributed by atoms with Crippen molar-refractivity contribution in [2.45, 2.75) is 59.0 Å². The van der Waals surface area contributed by atoms with Crippen molar-refractivity contribution in [1.29, 1.82) is 0 Å². The molecule has 1 heteroatoms. The van der Waals surface area contributed by atoms with Gasteiger partial charge < -0.3 is 0 Å². The van der Waals surface area contributed by atoms with Gasteiger partial charge in [-0.2, -0.15) is 0 Å². The van der Waals surface area contributed by atoms with Crippen molar-refractivity contribution in [2.24, 2.45) is 5.92 Å². The fourth-order valence-electron chi connectivity index (χ4n) is 1.45. The predicted octanol–water partition coefficient (Wildman–Crippen LogP) is 3.41. The minimum atomic E-state index is -0.313. The second-order valence-corrected chi connectivity index (χ2v) is 3.26. The molecule has 0 spiro atoms. The van der Waals surface area contributed by atoms with Crippen LogP contribution in [0.5, 0.6) is 0 Å². The third-order valence-electron chi connectivity index (χ3n) is 2.38. The van der Waals surface area contributed by atoms with Crippen molar-refractivity contribution in [3.63, 3.8) is 0 Å². The van der Waals surface area contributed by atoms with Gasteiger partial charge in [-0.15, -0.1) is 0 Å². The molecule has 1 nitrogen and oxygen atoms in total. The number of unbranched alkanes of at least 4 members (excludes halogenated alkanes) is 1. The van der Waals surface area contributed by atoms with Crippen LogP contribution in [0.3, 0.4) is 0 Å². The first-order valence-corrected chi connectivity index (χ1v) is 4.92. The summed E-state index contributed by atoms with van der Waals surface area (Å²) in [6, 6.07) is 0. The summed E-state index contributed by atoms with van der Waals surface area (Å²) in [4.78, 5) is 0. The summed E-state index contributed by atoms with van der Waals surface area (Å²) in [6.07, 6.45) is 5.11. The highest BCUT2D eigenvalue weighted by Gasteiger charge is 2.15. The molecule has 0 aliphatic heterocycles. The zero-order valence-corrected chi connectivity index (χ0v) is 8.10. The molecule has 67 valence electrons. The van der Waals surface area contributed by atoms with Crippen LogP contribution in [0.4, 0.5) is 0 Å². The average molecular weight is 157 g/mol. The van der Waals surface area contributed by atoms with Crippen LogP contribution in [-0.4, -0.2) is 6.10 Å². The zero-order valence-electron chi connectivity index (χ0n) is 8.10. The first-order valence-electron chi connectivity index (χ1n) is 4.92. The van der Waals surface area contributed by atoms with E-state index in [0.717, 1.165) is 19.3 Å². The Morgan fingerprint density at radius 3 is 2.09 bits per heavy atom. The standard InChI is InChI=1S/C10H21O/c1-4-7-8-9(5-2)10(11)6-3/h9-10H,4-8H2,1-3H3. The van der Waals surface area contributed by atoms with Crippen LogP contribution in [0.25, 0.3) is 0 Å². The predicted molar refractivity (Wildman–Crippen MR) is 48.1 cm³/mol. The van der Waals surface area contributed by atoms with Crippen LogP contribution in [-0.2, 0) is 5.11 Å². The van der Waals surface area contributed by atoms with Crippen molar-refractivity contribution in [3.8, 4) is 0 Å². The Morgan fingerprint density at radius 1 is 1.09 bits per heavy atom. The molecule has 2 unspecified atom stereocenters. The second-order valence-electron chi connectivity index (χ2n) is 3.26. The normalized spacial score (nSPS) is 16.4. The highest BCUT2D eigenvalue weighted by Crippen LogP contribution is 2.18. The van der Waals surface area contributed by atoms with Gasteiger partial charge in [-0.05, 0) is 18.8 Å². The minimum absolute atomic E-state index is 0.313. The van der Waals surface area contributed by atoms with Crippen LogP contribution in [0.2, 0.25) is 0 Å². The van der Waals surface area contributed by atoms with E-state index in [2.05, 4.69) is 13.8 Å². The van der Waals surface area contributed by atoms with Gasteiger partial charge in [-0.1, -0.05) is 40.0 Å². The smallest absolute Gasteiger partial charge is 0.0955 e. The molecule has 0 aliphatic rings. The molecule has 0 fully saturated rings. The Bertz CT molecular complexity index is 80.9. The van der Waals surface area contributed by atoms with E-state index in [1.165, 1.54) is 12.8 Å². The Kier molecular flexibility index (Phi) is 6.63. The Balaban J connectivity index is 3.56. The fraction of sp³-hybridized carbons (Fsp3) is 1.00. The Morgan fingerprint density at radius 2 is 1.73 bits per heavy atom. The van der Waals surface area contributed by atoms with E-state index in [1.54, 1.807) is 0 Å². The highest BCUT2D eigenvalue weighted by molar-refractivity contribution is 4.65. The van der Waals surface area contributed by atoms with E-state index in [1.807, 2.05) is 6.92 Å². The molecule has 0 heterocycles. The van der Waals surface area contributed by atoms with E-state index in [9.17, 15) is 5.11 Å². The highest BCUT2D eigenvalue weighted by atomic mass is 16.3. The SMILES string of the molecule is CCCCC(CC)C([O])CC. The molecular weight excluding hydrogens is 136 g/mol. The van der Waals surface area contributed by atoms with Crippen LogP contribution < -0.4 is 0 Å². The van der Waals surface area contributed by atoms with Gasteiger partial charge in [-0.25, -0.2) is 5.11 Å². The number of hydrogen-bond donors (Lipinski definition) is 0.